The van der Waals surface area contributed by atoms with Crippen LogP contribution in [0.4, 0.5) is 34.1 Å². The van der Waals surface area contributed by atoms with Gasteiger partial charge >= 0.3 is 18.3 Å². The van der Waals surface area contributed by atoms with Gasteiger partial charge in [-0.3, -0.25) is 9.69 Å². The number of anilines is 2. The van der Waals surface area contributed by atoms with Gasteiger partial charge in [0.15, 0.2) is 6.10 Å². The number of carbonyl (C=O) groups is 3. The van der Waals surface area contributed by atoms with E-state index in [2.05, 4.69) is 22.2 Å². The maximum absolute atomic E-state index is 14.0. The van der Waals surface area contributed by atoms with Crippen molar-refractivity contribution in [3.8, 4) is 0 Å². The van der Waals surface area contributed by atoms with Crippen molar-refractivity contribution in [1.29, 1.82) is 0 Å². The van der Waals surface area contributed by atoms with E-state index in [0.29, 0.717) is 51.6 Å². The molecule has 3 fully saturated rings. The van der Waals surface area contributed by atoms with Gasteiger partial charge in [0.25, 0.3) is 5.91 Å². The number of carbonyl (C=O) groups excluding carboxylic acids is 3. The molecule has 1 aromatic heterocycles. The molecule has 268 valence electrons. The summed E-state index contributed by atoms with van der Waals surface area (Å²) in [7, 11) is 2.12. The van der Waals surface area contributed by atoms with Gasteiger partial charge in [0.2, 0.25) is 0 Å². The molecular weight excluding hydrogens is 683 g/mol. The summed E-state index contributed by atoms with van der Waals surface area (Å²) >= 11 is 7.68. The molecular formula is C33H43ClF3N7O4S. The normalized spacial score (nSPS) is 21.2. The zero-order chi connectivity index (χ0) is 34.9. The fourth-order valence-electron chi connectivity index (χ4n) is 7.35. The number of halogens is 4. The number of benzene rings is 1. The second-order valence-electron chi connectivity index (χ2n) is 13.4. The van der Waals surface area contributed by atoms with E-state index >= 15 is 0 Å². The van der Waals surface area contributed by atoms with E-state index in [1.807, 2.05) is 11.4 Å². The molecule has 49 heavy (non-hydrogen) atoms. The van der Waals surface area contributed by atoms with Crippen LogP contribution in [0.2, 0.25) is 5.02 Å². The minimum absolute atomic E-state index is 0.0830. The van der Waals surface area contributed by atoms with E-state index in [0.717, 1.165) is 62.1 Å². The second kappa shape index (κ2) is 14.9. The van der Waals surface area contributed by atoms with Gasteiger partial charge in [-0.25, -0.2) is 9.59 Å². The fourth-order valence-corrected chi connectivity index (χ4v) is 8.42. The third kappa shape index (κ3) is 8.21. The molecule has 0 aliphatic carbocycles. The lowest BCUT2D eigenvalue weighted by Crippen LogP contribution is -2.53. The molecule has 4 aliphatic heterocycles. The van der Waals surface area contributed by atoms with Crippen LogP contribution in [-0.2, 0) is 28.7 Å². The average molecular weight is 726 g/mol. The van der Waals surface area contributed by atoms with Crippen LogP contribution >= 0.6 is 22.9 Å². The topological polar surface area (TPSA) is 115 Å². The first-order valence-corrected chi connectivity index (χ1v) is 18.1. The van der Waals surface area contributed by atoms with Crippen LogP contribution in [0, 0.1) is 0 Å². The van der Waals surface area contributed by atoms with Gasteiger partial charge in [0.1, 0.15) is 0 Å². The number of amides is 4. The average Bonchev–Trinajstić information content (AvgIpc) is 3.42. The van der Waals surface area contributed by atoms with Crippen molar-refractivity contribution < 1.29 is 32.3 Å². The first-order chi connectivity index (χ1) is 23.4. The number of likely N-dealkylation sites (N-methyl/N-ethyl adjacent to an activating group) is 1. The molecule has 3 N–H and O–H groups in total. The highest BCUT2D eigenvalue weighted by Gasteiger charge is 2.38. The standard InChI is InChI=1S/C33H43ClF3N7O4S/c1-40-8-2-9-41(15-14-40)22-3-10-42(11-4-22)30(45)27(19-21-17-24(33(35,36)37)29(38)25(34)18-21)48-32(47)43-12-5-23(6-13-43)44-20-28-26(7-16-49-28)39-31(44)46/h7,16-18,22-23,27H,2-6,8-15,19-20,38H2,1H3,(H,39,46)/t27-/m1/s1. The molecule has 4 amide bonds. The van der Waals surface area contributed by atoms with Gasteiger partial charge < -0.3 is 35.4 Å². The summed E-state index contributed by atoms with van der Waals surface area (Å²) in [4.78, 5) is 51.1. The summed E-state index contributed by atoms with van der Waals surface area (Å²) in [6.45, 7) is 6.00. The van der Waals surface area contributed by atoms with Crippen LogP contribution in [0.25, 0.3) is 0 Å². The summed E-state index contributed by atoms with van der Waals surface area (Å²) in [6.07, 6.45) is -3.51. The minimum atomic E-state index is -4.76. The van der Waals surface area contributed by atoms with Crippen LogP contribution in [-0.4, -0.2) is 120 Å². The highest BCUT2D eigenvalue weighted by atomic mass is 35.5. The van der Waals surface area contributed by atoms with Crippen molar-refractivity contribution >= 4 is 52.3 Å². The van der Waals surface area contributed by atoms with Crippen molar-refractivity contribution in [2.24, 2.45) is 0 Å². The molecule has 2 aromatic rings. The van der Waals surface area contributed by atoms with E-state index in [4.69, 9.17) is 22.1 Å². The van der Waals surface area contributed by atoms with Gasteiger partial charge in [-0.15, -0.1) is 11.3 Å². The van der Waals surface area contributed by atoms with E-state index in [-0.39, 0.29) is 29.1 Å². The highest BCUT2D eigenvalue weighted by molar-refractivity contribution is 7.10. The number of nitrogens with zero attached hydrogens (tertiary/aromatic N) is 5. The molecule has 5 heterocycles. The Labute approximate surface area is 293 Å². The number of thiophene rings is 1. The van der Waals surface area contributed by atoms with E-state index in [9.17, 15) is 27.6 Å². The van der Waals surface area contributed by atoms with Crippen molar-refractivity contribution in [3.05, 3.63) is 44.6 Å². The molecule has 0 bridgehead atoms. The third-order valence-corrected chi connectivity index (χ3v) is 11.4. The zero-order valence-electron chi connectivity index (χ0n) is 27.5. The van der Waals surface area contributed by atoms with Gasteiger partial charge in [-0.1, -0.05) is 11.6 Å². The van der Waals surface area contributed by atoms with Crippen molar-refractivity contribution in [2.45, 2.75) is 69.4 Å². The third-order valence-electron chi connectivity index (χ3n) is 10.2. The first-order valence-electron chi connectivity index (χ1n) is 16.8. The Morgan fingerprint density at radius 1 is 1.02 bits per heavy atom. The number of urea groups is 1. The maximum Gasteiger partial charge on any atom is 0.418 e. The Morgan fingerprint density at radius 3 is 2.43 bits per heavy atom. The molecule has 0 unspecified atom stereocenters. The lowest BCUT2D eigenvalue weighted by atomic mass is 9.99. The van der Waals surface area contributed by atoms with Crippen LogP contribution in [0.5, 0.6) is 0 Å². The van der Waals surface area contributed by atoms with Crippen LogP contribution in [0.1, 0.15) is 48.1 Å². The number of likely N-dealkylation sites (tertiary alicyclic amines) is 2. The Morgan fingerprint density at radius 2 is 1.71 bits per heavy atom. The van der Waals surface area contributed by atoms with Crippen molar-refractivity contribution in [2.75, 3.05) is 70.5 Å². The number of hydrogen-bond acceptors (Lipinski definition) is 8. The number of ether oxygens (including phenoxy) is 1. The Balaban J connectivity index is 1.13. The van der Waals surface area contributed by atoms with Gasteiger partial charge in [-0.05, 0) is 81.4 Å². The molecule has 3 saturated heterocycles. The molecule has 11 nitrogen and oxygen atoms in total. The molecule has 0 spiro atoms. The Bertz CT molecular complexity index is 1530. The second-order valence-corrected chi connectivity index (χ2v) is 14.8. The molecule has 1 aromatic carbocycles. The van der Waals surface area contributed by atoms with Gasteiger partial charge in [0, 0.05) is 62.7 Å². The summed E-state index contributed by atoms with van der Waals surface area (Å²) in [5, 5.41) is 4.57. The quantitative estimate of drug-likeness (QED) is 0.394. The van der Waals surface area contributed by atoms with Gasteiger partial charge in [0.05, 0.1) is 28.5 Å². The van der Waals surface area contributed by atoms with Crippen LogP contribution in [0.3, 0.4) is 0 Å². The van der Waals surface area contributed by atoms with Crippen molar-refractivity contribution in [1.82, 2.24) is 24.5 Å². The number of hydrogen-bond donors (Lipinski definition) is 2. The smallest absolute Gasteiger partial charge is 0.418 e. The number of nitrogens with two attached hydrogens (primary N) is 1. The highest BCUT2D eigenvalue weighted by Crippen LogP contribution is 2.38. The molecule has 1 atom stereocenters. The fraction of sp³-hybridized carbons (Fsp3) is 0.606. The minimum Gasteiger partial charge on any atom is -0.436 e. The Hall–Kier alpha value is -3.27. The van der Waals surface area contributed by atoms with Gasteiger partial charge in [-0.2, -0.15) is 13.2 Å². The summed E-state index contributed by atoms with van der Waals surface area (Å²) in [5.41, 5.74) is 4.87. The molecule has 0 saturated carbocycles. The Kier molecular flexibility index (Phi) is 10.8. The zero-order valence-corrected chi connectivity index (χ0v) is 29.1. The maximum atomic E-state index is 14.0. The molecule has 0 radical (unpaired) electrons. The number of nitrogen functional groups attached to an aromatic ring is 1. The monoisotopic (exact) mass is 725 g/mol. The summed E-state index contributed by atoms with van der Waals surface area (Å²) in [5.74, 6) is -0.449. The number of nitrogens with one attached hydrogen (secondary N) is 1. The summed E-state index contributed by atoms with van der Waals surface area (Å²) < 4.78 is 47.2. The van der Waals surface area contributed by atoms with Crippen LogP contribution < -0.4 is 11.1 Å². The molecule has 4 aliphatic rings. The lowest BCUT2D eigenvalue weighted by Gasteiger charge is -2.40. The lowest BCUT2D eigenvalue weighted by molar-refractivity contribution is -0.142. The number of fused-ring (bicyclic) bond motifs is 1. The van der Waals surface area contributed by atoms with Crippen LogP contribution in [0.15, 0.2) is 23.6 Å². The predicted molar refractivity (Wildman–Crippen MR) is 182 cm³/mol. The van der Waals surface area contributed by atoms with E-state index in [1.54, 1.807) is 21.1 Å². The predicted octanol–water partition coefficient (Wildman–Crippen LogP) is 5.19. The summed E-state index contributed by atoms with van der Waals surface area (Å²) in [6, 6.07) is 4.11. The SMILES string of the molecule is CN1CCCN(C2CCN(C(=O)[C@@H](Cc3cc(Cl)c(N)c(C(F)(F)F)c3)OC(=O)N3CCC(N4Cc5sccc5NC4=O)CC3)CC2)CC1. The largest absolute Gasteiger partial charge is 0.436 e. The number of rotatable bonds is 6. The molecule has 6 rings (SSSR count). The van der Waals surface area contributed by atoms with Crippen molar-refractivity contribution in [3.63, 3.8) is 0 Å². The molecule has 16 heteroatoms. The number of alkyl halides is 3. The number of piperidine rings is 2. The van der Waals surface area contributed by atoms with E-state index < -0.39 is 35.5 Å². The van der Waals surface area contributed by atoms with E-state index in [1.165, 1.54) is 11.0 Å². The first kappa shape index (κ1) is 35.6.